The summed E-state index contributed by atoms with van der Waals surface area (Å²) in [4.78, 5) is 47.9. The lowest BCUT2D eigenvalue weighted by Crippen LogP contribution is -2.37. The molecule has 7 heteroatoms. The highest BCUT2D eigenvalue weighted by Gasteiger charge is 2.26. The smallest absolute Gasteiger partial charge is 0.324 e. The van der Waals surface area contributed by atoms with Crippen LogP contribution in [0.5, 0.6) is 0 Å². The summed E-state index contributed by atoms with van der Waals surface area (Å²) in [6.07, 6.45) is -0.0901. The van der Waals surface area contributed by atoms with E-state index in [9.17, 15) is 19.2 Å². The quantitative estimate of drug-likeness (QED) is 0.627. The van der Waals surface area contributed by atoms with Crippen molar-refractivity contribution in [2.45, 2.75) is 26.7 Å². The highest BCUT2D eigenvalue weighted by molar-refractivity contribution is 5.99. The predicted molar refractivity (Wildman–Crippen MR) is 85.6 cm³/mol. The number of Topliss-reactive ketones (excluding diaryl/α,β-unsaturated/α-hetero) is 1. The van der Waals surface area contributed by atoms with Crippen LogP contribution in [0.15, 0.2) is 18.2 Å². The maximum Gasteiger partial charge on any atom is 0.324 e. The number of carbonyl (C=O) groups excluding carboxylic acids is 4. The molecule has 0 unspecified atom stereocenters. The number of amides is 3. The molecule has 1 aromatic carbocycles. The van der Waals surface area contributed by atoms with E-state index in [0.717, 1.165) is 16.0 Å². The molecule has 1 aliphatic heterocycles. The summed E-state index contributed by atoms with van der Waals surface area (Å²) in [5.41, 5.74) is 2.42. The third-order valence-corrected chi connectivity index (χ3v) is 3.76. The number of carbonyl (C=O) groups is 4. The van der Waals surface area contributed by atoms with Crippen LogP contribution in [0.25, 0.3) is 0 Å². The molecule has 1 aromatic rings. The molecule has 0 radical (unpaired) electrons. The number of nitrogens with zero attached hydrogens (tertiary/aromatic N) is 1. The third kappa shape index (κ3) is 4.41. The molecule has 1 aliphatic rings. The molecule has 0 atom stereocenters. The van der Waals surface area contributed by atoms with Crippen molar-refractivity contribution in [3.8, 4) is 0 Å². The number of imide groups is 1. The van der Waals surface area contributed by atoms with E-state index in [1.807, 2.05) is 26.0 Å². The fraction of sp³-hybridized carbons (Fsp3) is 0.412. The van der Waals surface area contributed by atoms with Crippen LogP contribution < -0.4 is 5.32 Å². The van der Waals surface area contributed by atoms with Crippen LogP contribution in [0.4, 0.5) is 4.79 Å². The van der Waals surface area contributed by atoms with Crippen LogP contribution in [0.1, 0.15) is 34.3 Å². The van der Waals surface area contributed by atoms with Crippen molar-refractivity contribution in [2.24, 2.45) is 0 Å². The second kappa shape index (κ2) is 7.72. The number of ether oxygens (including phenoxy) is 1. The van der Waals surface area contributed by atoms with Gasteiger partial charge in [-0.25, -0.2) is 4.79 Å². The van der Waals surface area contributed by atoms with E-state index in [1.165, 1.54) is 0 Å². The number of aryl methyl sites for hydroxylation is 2. The second-order valence-corrected chi connectivity index (χ2v) is 5.68. The van der Waals surface area contributed by atoms with Gasteiger partial charge >= 0.3 is 12.0 Å². The highest BCUT2D eigenvalue weighted by Crippen LogP contribution is 2.14. The average molecular weight is 332 g/mol. The van der Waals surface area contributed by atoms with E-state index in [1.54, 1.807) is 6.07 Å². The Morgan fingerprint density at radius 3 is 2.62 bits per heavy atom. The zero-order valence-corrected chi connectivity index (χ0v) is 13.8. The Kier molecular flexibility index (Phi) is 5.68. The predicted octanol–water partition coefficient (Wildman–Crippen LogP) is 1.36. The fourth-order valence-corrected chi connectivity index (χ4v) is 2.39. The van der Waals surface area contributed by atoms with Gasteiger partial charge in [0.05, 0.1) is 6.42 Å². The number of urea groups is 1. The fourth-order valence-electron chi connectivity index (χ4n) is 2.39. The normalized spacial score (nSPS) is 13.6. The maximum atomic E-state index is 12.2. The molecule has 1 saturated heterocycles. The van der Waals surface area contributed by atoms with Gasteiger partial charge in [-0.05, 0) is 25.5 Å². The molecule has 24 heavy (non-hydrogen) atoms. The summed E-state index contributed by atoms with van der Waals surface area (Å²) < 4.78 is 4.84. The van der Waals surface area contributed by atoms with Gasteiger partial charge in [-0.3, -0.25) is 19.3 Å². The summed E-state index contributed by atoms with van der Waals surface area (Å²) in [6, 6.07) is 5.08. The summed E-state index contributed by atoms with van der Waals surface area (Å²) in [5, 5.41) is 2.49. The Morgan fingerprint density at radius 1 is 1.21 bits per heavy atom. The molecule has 1 heterocycles. The van der Waals surface area contributed by atoms with Crippen molar-refractivity contribution in [3.05, 3.63) is 34.9 Å². The molecule has 128 valence electrons. The molecule has 2 rings (SSSR count). The van der Waals surface area contributed by atoms with E-state index in [0.29, 0.717) is 12.1 Å². The van der Waals surface area contributed by atoms with Gasteiger partial charge < -0.3 is 10.1 Å². The summed E-state index contributed by atoms with van der Waals surface area (Å²) >= 11 is 0. The van der Waals surface area contributed by atoms with Crippen LogP contribution in [0.3, 0.4) is 0 Å². The number of rotatable bonds is 6. The number of nitrogens with one attached hydrogen (secondary N) is 1. The molecule has 1 fully saturated rings. The lowest BCUT2D eigenvalue weighted by atomic mass is 9.99. The Bertz CT molecular complexity index is 684. The van der Waals surface area contributed by atoms with Gasteiger partial charge in [0.2, 0.25) is 0 Å². The van der Waals surface area contributed by atoms with Gasteiger partial charge in [0.15, 0.2) is 12.4 Å². The van der Waals surface area contributed by atoms with Gasteiger partial charge in [0.25, 0.3) is 5.91 Å². The molecule has 3 amide bonds. The Morgan fingerprint density at radius 2 is 1.96 bits per heavy atom. The lowest BCUT2D eigenvalue weighted by Gasteiger charge is -2.12. The summed E-state index contributed by atoms with van der Waals surface area (Å²) in [5.74, 6) is -1.35. The first-order valence-corrected chi connectivity index (χ1v) is 7.72. The van der Waals surface area contributed by atoms with E-state index >= 15 is 0 Å². The Balaban J connectivity index is 1.78. The molecule has 0 aromatic heterocycles. The van der Waals surface area contributed by atoms with Crippen LogP contribution >= 0.6 is 0 Å². The Labute approximate surface area is 140 Å². The number of hydrogen-bond donors (Lipinski definition) is 1. The minimum atomic E-state index is -0.637. The Hall–Kier alpha value is -2.70. The van der Waals surface area contributed by atoms with Gasteiger partial charge in [-0.15, -0.1) is 0 Å². The van der Waals surface area contributed by atoms with E-state index in [-0.39, 0.29) is 25.2 Å². The van der Waals surface area contributed by atoms with Crippen LogP contribution in [0, 0.1) is 13.8 Å². The molecule has 1 N–H and O–H groups in total. The third-order valence-electron chi connectivity index (χ3n) is 3.76. The van der Waals surface area contributed by atoms with E-state index in [2.05, 4.69) is 5.32 Å². The van der Waals surface area contributed by atoms with Gasteiger partial charge in [0, 0.05) is 25.1 Å². The van der Waals surface area contributed by atoms with Gasteiger partial charge in [-0.2, -0.15) is 0 Å². The van der Waals surface area contributed by atoms with Crippen molar-refractivity contribution in [2.75, 3.05) is 19.7 Å². The first kappa shape index (κ1) is 17.7. The molecule has 0 spiro atoms. The van der Waals surface area contributed by atoms with Crippen molar-refractivity contribution in [1.29, 1.82) is 0 Å². The highest BCUT2D eigenvalue weighted by atomic mass is 16.5. The van der Waals surface area contributed by atoms with Crippen molar-refractivity contribution in [3.63, 3.8) is 0 Å². The van der Waals surface area contributed by atoms with Crippen LogP contribution in [-0.2, 0) is 14.3 Å². The second-order valence-electron chi connectivity index (χ2n) is 5.68. The first-order chi connectivity index (χ1) is 11.4. The standard InChI is InChI=1S/C17H20N2O5/c1-11-3-4-12(2)13(9-11)14(20)5-6-16(22)24-10-15(21)19-8-7-18-17(19)23/h3-4,9H,5-8,10H2,1-2H3,(H,18,23). The SMILES string of the molecule is Cc1ccc(C)c(C(=O)CCC(=O)OCC(=O)N2CCNC2=O)c1. The van der Waals surface area contributed by atoms with E-state index in [4.69, 9.17) is 4.74 Å². The minimum Gasteiger partial charge on any atom is -0.456 e. The zero-order chi connectivity index (χ0) is 17.7. The maximum absolute atomic E-state index is 12.2. The molecular weight excluding hydrogens is 312 g/mol. The van der Waals surface area contributed by atoms with Crippen LogP contribution in [0.2, 0.25) is 0 Å². The van der Waals surface area contributed by atoms with Crippen LogP contribution in [-0.4, -0.2) is 48.3 Å². The number of ketones is 1. The largest absolute Gasteiger partial charge is 0.456 e. The number of esters is 1. The summed E-state index contributed by atoms with van der Waals surface area (Å²) in [7, 11) is 0. The number of hydrogen-bond acceptors (Lipinski definition) is 5. The van der Waals surface area contributed by atoms with Gasteiger partial charge in [-0.1, -0.05) is 17.7 Å². The van der Waals surface area contributed by atoms with Crippen molar-refractivity contribution in [1.82, 2.24) is 10.2 Å². The number of benzene rings is 1. The summed E-state index contributed by atoms with van der Waals surface area (Å²) in [6.45, 7) is 3.89. The zero-order valence-electron chi connectivity index (χ0n) is 13.8. The molecule has 0 saturated carbocycles. The molecule has 0 aliphatic carbocycles. The monoisotopic (exact) mass is 332 g/mol. The average Bonchev–Trinajstić information content (AvgIpc) is 2.98. The molecule has 0 bridgehead atoms. The lowest BCUT2D eigenvalue weighted by molar-refractivity contribution is -0.150. The molecular formula is C17H20N2O5. The van der Waals surface area contributed by atoms with Gasteiger partial charge in [0.1, 0.15) is 0 Å². The minimum absolute atomic E-state index is 0.0154. The molecule has 7 nitrogen and oxygen atoms in total. The first-order valence-electron chi connectivity index (χ1n) is 7.72. The van der Waals surface area contributed by atoms with Crippen molar-refractivity contribution < 1.29 is 23.9 Å². The topological polar surface area (TPSA) is 92.8 Å². The van der Waals surface area contributed by atoms with E-state index < -0.39 is 24.5 Å². The van der Waals surface area contributed by atoms with Crippen molar-refractivity contribution >= 4 is 23.7 Å².